The first-order valence-corrected chi connectivity index (χ1v) is 7.24. The van der Waals surface area contributed by atoms with Gasteiger partial charge in [0.05, 0.1) is 13.2 Å². The molecule has 118 valence electrons. The number of carbonyl (C=O) groups is 2. The first-order chi connectivity index (χ1) is 9.46. The quantitative estimate of drug-likeness (QED) is 0.717. The Hall–Kier alpha value is -0.820. The molecule has 1 rings (SSSR count). The van der Waals surface area contributed by atoms with Gasteiger partial charge in [-0.1, -0.05) is 27.5 Å². The maximum absolute atomic E-state index is 11.8. The molecule has 0 aliphatic heterocycles. The van der Waals surface area contributed by atoms with E-state index in [2.05, 4.69) is 21.2 Å². The molecule has 0 radical (unpaired) electrons. The summed E-state index contributed by atoms with van der Waals surface area (Å²) < 4.78 is 5.74. The van der Waals surface area contributed by atoms with Crippen LogP contribution in [0.2, 0.25) is 5.02 Å². The van der Waals surface area contributed by atoms with Gasteiger partial charge >= 0.3 is 5.97 Å². The van der Waals surface area contributed by atoms with Crippen molar-refractivity contribution in [2.75, 3.05) is 13.2 Å². The van der Waals surface area contributed by atoms with Gasteiger partial charge in [-0.25, -0.2) is 4.79 Å². The zero-order chi connectivity index (χ0) is 15.1. The van der Waals surface area contributed by atoms with Crippen LogP contribution in [0.25, 0.3) is 0 Å². The Morgan fingerprint density at radius 3 is 2.62 bits per heavy atom. The van der Waals surface area contributed by atoms with Gasteiger partial charge < -0.3 is 15.8 Å². The molecule has 0 bridgehead atoms. The number of nitrogens with two attached hydrogens (primary N) is 1. The molecule has 1 aromatic carbocycles. The molecule has 0 aliphatic carbocycles. The first kappa shape index (κ1) is 20.2. The molecule has 8 heteroatoms. The van der Waals surface area contributed by atoms with Crippen molar-refractivity contribution >= 4 is 51.8 Å². The summed E-state index contributed by atoms with van der Waals surface area (Å²) in [4.78, 5) is 23.2. The van der Waals surface area contributed by atoms with Gasteiger partial charge in [0, 0.05) is 15.9 Å². The number of nitrogens with one attached hydrogen (secondary N) is 1. The minimum atomic E-state index is -0.781. The first-order valence-electron chi connectivity index (χ1n) is 6.07. The maximum atomic E-state index is 11.8. The molecule has 1 atom stereocenters. The van der Waals surface area contributed by atoms with Crippen LogP contribution in [0.5, 0.6) is 0 Å². The summed E-state index contributed by atoms with van der Waals surface area (Å²) in [5, 5.41) is 3.09. The third-order valence-electron chi connectivity index (χ3n) is 2.45. The highest BCUT2D eigenvalue weighted by Crippen LogP contribution is 2.20. The molecule has 5 nitrogen and oxygen atoms in total. The van der Waals surface area contributed by atoms with Gasteiger partial charge in [0.1, 0.15) is 6.04 Å². The van der Waals surface area contributed by atoms with E-state index in [1.165, 1.54) is 0 Å². The molecule has 1 unspecified atom stereocenters. The molecule has 3 N–H and O–H groups in total. The number of rotatable bonds is 6. The summed E-state index contributed by atoms with van der Waals surface area (Å²) in [7, 11) is 0. The van der Waals surface area contributed by atoms with Gasteiger partial charge in [-0.2, -0.15) is 0 Å². The largest absolute Gasteiger partial charge is 0.464 e. The number of hydrogen-bond donors (Lipinski definition) is 2. The normalized spacial score (nSPS) is 11.2. The van der Waals surface area contributed by atoms with Crippen LogP contribution in [0, 0.1) is 0 Å². The zero-order valence-electron chi connectivity index (χ0n) is 11.4. The number of hydrogen-bond acceptors (Lipinski definition) is 4. The molecule has 0 heterocycles. The molecular weight excluding hydrogens is 383 g/mol. The maximum Gasteiger partial charge on any atom is 0.328 e. The molecule has 0 aromatic heterocycles. The molecule has 1 aromatic rings. The van der Waals surface area contributed by atoms with Crippen molar-refractivity contribution in [1.82, 2.24) is 5.32 Å². The zero-order valence-corrected chi connectivity index (χ0v) is 14.6. The average molecular weight is 400 g/mol. The number of halogens is 3. The van der Waals surface area contributed by atoms with E-state index in [1.807, 2.05) is 6.07 Å². The molecule has 0 aliphatic rings. The van der Waals surface area contributed by atoms with E-state index < -0.39 is 17.9 Å². The standard InChI is InChI=1S/C13H16BrClN2O3.ClH/c1-2-20-13(19)11(17-12(18)7-16)5-8-3-9(14)6-10(15)4-8;/h3-4,6,11H,2,5,7,16H2,1H3,(H,17,18);1H. The molecular formula is C13H17BrCl2N2O3. The lowest BCUT2D eigenvalue weighted by Gasteiger charge is -2.17. The van der Waals surface area contributed by atoms with Crippen molar-refractivity contribution in [1.29, 1.82) is 0 Å². The Bertz CT molecular complexity index is 480. The fourth-order valence-electron chi connectivity index (χ4n) is 1.65. The number of benzene rings is 1. The van der Waals surface area contributed by atoms with E-state index in [0.717, 1.165) is 10.0 Å². The van der Waals surface area contributed by atoms with Crippen LogP contribution < -0.4 is 11.1 Å². The third-order valence-corrected chi connectivity index (χ3v) is 3.13. The average Bonchev–Trinajstić information content (AvgIpc) is 2.36. The number of ether oxygens (including phenoxy) is 1. The number of carbonyl (C=O) groups excluding carboxylic acids is 2. The van der Waals surface area contributed by atoms with E-state index in [9.17, 15) is 9.59 Å². The predicted octanol–water partition coefficient (Wildman–Crippen LogP) is 2.07. The second kappa shape index (κ2) is 10.00. The minimum Gasteiger partial charge on any atom is -0.464 e. The van der Waals surface area contributed by atoms with Gasteiger partial charge in [0.15, 0.2) is 0 Å². The lowest BCUT2D eigenvalue weighted by Crippen LogP contribution is -2.45. The van der Waals surface area contributed by atoms with Crippen LogP contribution in [0.1, 0.15) is 12.5 Å². The molecule has 0 spiro atoms. The van der Waals surface area contributed by atoms with Crippen LogP contribution in [0.4, 0.5) is 0 Å². The van der Waals surface area contributed by atoms with Crippen LogP contribution in [-0.2, 0) is 20.7 Å². The Morgan fingerprint density at radius 1 is 1.43 bits per heavy atom. The van der Waals surface area contributed by atoms with Crippen molar-refractivity contribution in [3.8, 4) is 0 Å². The number of esters is 1. The highest BCUT2D eigenvalue weighted by molar-refractivity contribution is 9.10. The van der Waals surface area contributed by atoms with E-state index in [1.54, 1.807) is 19.1 Å². The molecule has 1 amide bonds. The SMILES string of the molecule is CCOC(=O)C(Cc1cc(Cl)cc(Br)c1)NC(=O)CN.Cl. The minimum absolute atomic E-state index is 0. The highest BCUT2D eigenvalue weighted by Gasteiger charge is 2.22. The Balaban J connectivity index is 0.00000400. The lowest BCUT2D eigenvalue weighted by atomic mass is 10.1. The summed E-state index contributed by atoms with van der Waals surface area (Å²) in [6.07, 6.45) is 0.281. The molecule has 21 heavy (non-hydrogen) atoms. The monoisotopic (exact) mass is 398 g/mol. The predicted molar refractivity (Wildman–Crippen MR) is 87.7 cm³/mol. The van der Waals surface area contributed by atoms with Crippen molar-refractivity contribution in [2.45, 2.75) is 19.4 Å². The summed E-state index contributed by atoms with van der Waals surface area (Å²) in [6.45, 7) is 1.76. The Morgan fingerprint density at radius 2 is 2.10 bits per heavy atom. The highest BCUT2D eigenvalue weighted by atomic mass is 79.9. The van der Waals surface area contributed by atoms with Gasteiger partial charge in [0.25, 0.3) is 0 Å². The van der Waals surface area contributed by atoms with Gasteiger partial charge in [0.2, 0.25) is 5.91 Å². The second-order valence-electron chi connectivity index (χ2n) is 4.06. The van der Waals surface area contributed by atoms with Crippen LogP contribution in [0.3, 0.4) is 0 Å². The van der Waals surface area contributed by atoms with Gasteiger partial charge in [-0.05, 0) is 30.7 Å². The van der Waals surface area contributed by atoms with Crippen molar-refractivity contribution in [3.05, 3.63) is 33.3 Å². The third kappa shape index (κ3) is 7.13. The fraction of sp³-hybridized carbons (Fsp3) is 0.385. The van der Waals surface area contributed by atoms with Crippen LogP contribution in [-0.4, -0.2) is 31.1 Å². The van der Waals surface area contributed by atoms with Gasteiger partial charge in [-0.15, -0.1) is 12.4 Å². The van der Waals surface area contributed by atoms with Crippen LogP contribution >= 0.6 is 39.9 Å². The smallest absolute Gasteiger partial charge is 0.328 e. The number of amides is 1. The fourth-order valence-corrected chi connectivity index (χ4v) is 2.58. The summed E-state index contributed by atoms with van der Waals surface area (Å²) in [5.74, 6) is -0.908. The van der Waals surface area contributed by atoms with Crippen LogP contribution in [0.15, 0.2) is 22.7 Å². The van der Waals surface area contributed by atoms with E-state index in [-0.39, 0.29) is 32.0 Å². The van der Waals surface area contributed by atoms with Crippen molar-refractivity contribution in [3.63, 3.8) is 0 Å². The summed E-state index contributed by atoms with van der Waals surface area (Å²) in [5.41, 5.74) is 6.05. The summed E-state index contributed by atoms with van der Waals surface area (Å²) in [6, 6.07) is 4.51. The van der Waals surface area contributed by atoms with Crippen molar-refractivity contribution in [2.24, 2.45) is 5.73 Å². The topological polar surface area (TPSA) is 81.4 Å². The second-order valence-corrected chi connectivity index (χ2v) is 5.41. The summed E-state index contributed by atoms with van der Waals surface area (Å²) >= 11 is 9.28. The van der Waals surface area contributed by atoms with Gasteiger partial charge in [-0.3, -0.25) is 4.79 Å². The van der Waals surface area contributed by atoms with E-state index in [4.69, 9.17) is 22.1 Å². The molecule has 0 saturated heterocycles. The van der Waals surface area contributed by atoms with E-state index in [0.29, 0.717) is 5.02 Å². The van der Waals surface area contributed by atoms with Crippen molar-refractivity contribution < 1.29 is 14.3 Å². The Labute approximate surface area is 143 Å². The van der Waals surface area contributed by atoms with E-state index >= 15 is 0 Å². The Kier molecular flexibility index (Phi) is 9.61. The lowest BCUT2D eigenvalue weighted by molar-refractivity contribution is -0.147. The molecule has 0 saturated carbocycles. The molecule has 0 fully saturated rings.